The second kappa shape index (κ2) is 6.19. The fourth-order valence-corrected chi connectivity index (χ4v) is 1.70. The molecule has 1 N–H and O–H groups in total. The van der Waals surface area contributed by atoms with E-state index in [0.717, 1.165) is 31.0 Å². The largest absolute Gasteiger partial charge is 0.363 e. The third kappa shape index (κ3) is 4.30. The Balaban J connectivity index is 2.99. The molecule has 0 atom stereocenters. The van der Waals surface area contributed by atoms with E-state index in [1.807, 2.05) is 14.1 Å². The third-order valence-electron chi connectivity index (χ3n) is 2.85. The molecule has 0 radical (unpaired) electrons. The van der Waals surface area contributed by atoms with Crippen molar-refractivity contribution in [3.8, 4) is 0 Å². The lowest BCUT2D eigenvalue weighted by Gasteiger charge is -2.22. The Morgan fingerprint density at radius 2 is 1.89 bits per heavy atom. The molecular formula is C15H27N3. The van der Waals surface area contributed by atoms with Crippen LogP contribution in [-0.2, 0) is 12.0 Å². The van der Waals surface area contributed by atoms with Crippen molar-refractivity contribution < 1.29 is 0 Å². The van der Waals surface area contributed by atoms with Crippen molar-refractivity contribution in [2.45, 2.75) is 46.1 Å². The molecule has 1 aromatic heterocycles. The summed E-state index contributed by atoms with van der Waals surface area (Å²) in [5.41, 5.74) is 2.56. The van der Waals surface area contributed by atoms with Crippen molar-refractivity contribution in [1.82, 2.24) is 10.3 Å². The standard InChI is InChI=1S/C15H27N3/c1-7-8-16-11-12-9-13(15(2,3)4)17-14(10-12)18(5)6/h9-10,16H,7-8,11H2,1-6H3. The first kappa shape index (κ1) is 15.0. The first-order valence-corrected chi connectivity index (χ1v) is 6.74. The highest BCUT2D eigenvalue weighted by atomic mass is 15.1. The summed E-state index contributed by atoms with van der Waals surface area (Å²) in [5.74, 6) is 1.04. The van der Waals surface area contributed by atoms with Gasteiger partial charge in [-0.15, -0.1) is 0 Å². The van der Waals surface area contributed by atoms with Gasteiger partial charge >= 0.3 is 0 Å². The van der Waals surface area contributed by atoms with Crippen LogP contribution in [0.15, 0.2) is 12.1 Å². The zero-order valence-corrected chi connectivity index (χ0v) is 12.7. The number of nitrogens with zero attached hydrogens (tertiary/aromatic N) is 2. The molecule has 0 aliphatic rings. The maximum atomic E-state index is 4.73. The summed E-state index contributed by atoms with van der Waals surface area (Å²) in [5, 5.41) is 3.45. The summed E-state index contributed by atoms with van der Waals surface area (Å²) >= 11 is 0. The highest BCUT2D eigenvalue weighted by Gasteiger charge is 2.17. The first-order valence-electron chi connectivity index (χ1n) is 6.74. The van der Waals surface area contributed by atoms with Gasteiger partial charge in [0, 0.05) is 31.7 Å². The molecule has 0 unspecified atom stereocenters. The number of rotatable bonds is 5. The molecule has 0 amide bonds. The van der Waals surface area contributed by atoms with Crippen LogP contribution in [0.1, 0.15) is 45.4 Å². The summed E-state index contributed by atoms with van der Waals surface area (Å²) in [7, 11) is 4.08. The van der Waals surface area contributed by atoms with Crippen molar-refractivity contribution >= 4 is 5.82 Å². The van der Waals surface area contributed by atoms with E-state index in [1.165, 1.54) is 5.56 Å². The molecule has 0 aromatic carbocycles. The van der Waals surface area contributed by atoms with Gasteiger partial charge in [0.2, 0.25) is 0 Å². The molecule has 0 saturated carbocycles. The van der Waals surface area contributed by atoms with Gasteiger partial charge in [0.1, 0.15) is 5.82 Å². The maximum Gasteiger partial charge on any atom is 0.128 e. The van der Waals surface area contributed by atoms with Crippen LogP contribution in [0.25, 0.3) is 0 Å². The van der Waals surface area contributed by atoms with Gasteiger partial charge in [-0.3, -0.25) is 0 Å². The van der Waals surface area contributed by atoms with E-state index < -0.39 is 0 Å². The lowest BCUT2D eigenvalue weighted by molar-refractivity contribution is 0.566. The van der Waals surface area contributed by atoms with Crippen molar-refractivity contribution in [2.24, 2.45) is 0 Å². The summed E-state index contributed by atoms with van der Waals surface area (Å²) < 4.78 is 0. The minimum absolute atomic E-state index is 0.0888. The molecule has 0 fully saturated rings. The number of nitrogens with one attached hydrogen (secondary N) is 1. The van der Waals surface area contributed by atoms with E-state index >= 15 is 0 Å². The third-order valence-corrected chi connectivity index (χ3v) is 2.85. The van der Waals surface area contributed by atoms with Crippen molar-refractivity contribution in [2.75, 3.05) is 25.5 Å². The molecule has 1 heterocycles. The molecule has 1 rings (SSSR count). The SMILES string of the molecule is CCCNCc1cc(N(C)C)nc(C(C)(C)C)c1. The van der Waals surface area contributed by atoms with Crippen LogP contribution in [0.3, 0.4) is 0 Å². The Kier molecular flexibility index (Phi) is 5.15. The van der Waals surface area contributed by atoms with E-state index in [2.05, 4.69) is 50.0 Å². The van der Waals surface area contributed by atoms with Crippen molar-refractivity contribution in [3.05, 3.63) is 23.4 Å². The molecule has 3 heteroatoms. The number of anilines is 1. The van der Waals surface area contributed by atoms with E-state index in [0.29, 0.717) is 0 Å². The Morgan fingerprint density at radius 3 is 2.39 bits per heavy atom. The van der Waals surface area contributed by atoms with Crippen LogP contribution in [0.2, 0.25) is 0 Å². The average Bonchev–Trinajstić information content (AvgIpc) is 2.28. The predicted molar refractivity (Wildman–Crippen MR) is 79.3 cm³/mol. The maximum absolute atomic E-state index is 4.73. The van der Waals surface area contributed by atoms with E-state index in [-0.39, 0.29) is 5.41 Å². The van der Waals surface area contributed by atoms with Crippen LogP contribution in [-0.4, -0.2) is 25.6 Å². The average molecular weight is 249 g/mol. The monoisotopic (exact) mass is 249 g/mol. The molecular weight excluding hydrogens is 222 g/mol. The Labute approximate surface area is 112 Å². The molecule has 3 nitrogen and oxygen atoms in total. The van der Waals surface area contributed by atoms with Gasteiger partial charge in [-0.1, -0.05) is 27.7 Å². The molecule has 0 spiro atoms. The van der Waals surface area contributed by atoms with Crippen molar-refractivity contribution in [3.63, 3.8) is 0 Å². The van der Waals surface area contributed by atoms with Crippen LogP contribution in [0.4, 0.5) is 5.82 Å². The molecule has 0 saturated heterocycles. The number of hydrogen-bond donors (Lipinski definition) is 1. The predicted octanol–water partition coefficient (Wildman–Crippen LogP) is 2.94. The van der Waals surface area contributed by atoms with Gasteiger partial charge in [0.25, 0.3) is 0 Å². The Bertz CT molecular complexity index is 378. The second-order valence-electron chi connectivity index (χ2n) is 6.04. The van der Waals surface area contributed by atoms with Crippen LogP contribution >= 0.6 is 0 Å². The summed E-state index contributed by atoms with van der Waals surface area (Å²) in [6.45, 7) is 10.8. The summed E-state index contributed by atoms with van der Waals surface area (Å²) in [4.78, 5) is 6.80. The van der Waals surface area contributed by atoms with Gasteiger partial charge in [-0.05, 0) is 30.7 Å². The zero-order valence-electron chi connectivity index (χ0n) is 12.7. The molecule has 18 heavy (non-hydrogen) atoms. The van der Waals surface area contributed by atoms with Gasteiger partial charge in [-0.2, -0.15) is 0 Å². The van der Waals surface area contributed by atoms with Gasteiger partial charge < -0.3 is 10.2 Å². The topological polar surface area (TPSA) is 28.2 Å². The van der Waals surface area contributed by atoms with Crippen LogP contribution in [0.5, 0.6) is 0 Å². The molecule has 0 aliphatic heterocycles. The number of aromatic nitrogens is 1. The zero-order chi connectivity index (χ0) is 13.8. The van der Waals surface area contributed by atoms with Gasteiger partial charge in [0.05, 0.1) is 0 Å². The fourth-order valence-electron chi connectivity index (χ4n) is 1.70. The lowest BCUT2D eigenvalue weighted by atomic mass is 9.90. The Morgan fingerprint density at radius 1 is 1.22 bits per heavy atom. The van der Waals surface area contributed by atoms with E-state index in [9.17, 15) is 0 Å². The second-order valence-corrected chi connectivity index (χ2v) is 6.04. The van der Waals surface area contributed by atoms with E-state index in [4.69, 9.17) is 4.98 Å². The molecule has 102 valence electrons. The normalized spacial score (nSPS) is 11.7. The van der Waals surface area contributed by atoms with Crippen LogP contribution < -0.4 is 10.2 Å². The molecule has 1 aromatic rings. The lowest BCUT2D eigenvalue weighted by Crippen LogP contribution is -2.20. The molecule has 0 bridgehead atoms. The van der Waals surface area contributed by atoms with Crippen LogP contribution in [0, 0.1) is 0 Å². The van der Waals surface area contributed by atoms with E-state index in [1.54, 1.807) is 0 Å². The quantitative estimate of drug-likeness (QED) is 0.813. The summed E-state index contributed by atoms with van der Waals surface area (Å²) in [6, 6.07) is 4.38. The number of pyridine rings is 1. The van der Waals surface area contributed by atoms with Crippen molar-refractivity contribution in [1.29, 1.82) is 0 Å². The summed E-state index contributed by atoms with van der Waals surface area (Å²) in [6.07, 6.45) is 1.16. The smallest absolute Gasteiger partial charge is 0.128 e. The number of hydrogen-bond acceptors (Lipinski definition) is 3. The van der Waals surface area contributed by atoms with Gasteiger partial charge in [-0.25, -0.2) is 4.98 Å². The highest BCUT2D eigenvalue weighted by Crippen LogP contribution is 2.24. The first-order chi connectivity index (χ1) is 8.34. The Hall–Kier alpha value is -1.09. The minimum Gasteiger partial charge on any atom is -0.363 e. The fraction of sp³-hybridized carbons (Fsp3) is 0.667. The highest BCUT2D eigenvalue weighted by molar-refractivity contribution is 5.42. The molecule has 0 aliphatic carbocycles. The van der Waals surface area contributed by atoms with Gasteiger partial charge in [0.15, 0.2) is 0 Å². The minimum atomic E-state index is 0.0888.